The van der Waals surface area contributed by atoms with Crippen molar-refractivity contribution in [3.8, 4) is 17.6 Å². The number of nitrogens with zero attached hydrogens (tertiary/aromatic N) is 1. The fourth-order valence-electron chi connectivity index (χ4n) is 3.43. The quantitative estimate of drug-likeness (QED) is 0.704. The lowest BCUT2D eigenvalue weighted by Crippen LogP contribution is -2.49. The molecule has 3 atom stereocenters. The third kappa shape index (κ3) is 5.25. The predicted molar refractivity (Wildman–Crippen MR) is 117 cm³/mol. The molecule has 0 saturated carbocycles. The predicted octanol–water partition coefficient (Wildman–Crippen LogP) is 2.21. The van der Waals surface area contributed by atoms with Gasteiger partial charge in [-0.2, -0.15) is 4.31 Å². The molecule has 166 valence electrons. The second-order valence-electron chi connectivity index (χ2n) is 7.72. The lowest BCUT2D eigenvalue weighted by Gasteiger charge is -2.36. The SMILES string of the molecule is CNC[C@@H]1Oc2cc(C#Cc3ccc(F)cc3)ccc2S(=O)(=O)N([C@H](C)CO)C[C@H]1C. The largest absolute Gasteiger partial charge is 0.487 e. The Balaban J connectivity index is 2.06. The number of ether oxygens (including phenoxy) is 1. The Hall–Kier alpha value is -2.44. The number of rotatable bonds is 4. The van der Waals surface area contributed by atoms with Crippen molar-refractivity contribution >= 4 is 10.0 Å². The molecule has 31 heavy (non-hydrogen) atoms. The summed E-state index contributed by atoms with van der Waals surface area (Å²) in [5.41, 5.74) is 1.22. The molecule has 2 aromatic carbocycles. The van der Waals surface area contributed by atoms with Crippen LogP contribution >= 0.6 is 0 Å². The van der Waals surface area contributed by atoms with E-state index in [-0.39, 0.29) is 41.6 Å². The van der Waals surface area contributed by atoms with Gasteiger partial charge in [-0.1, -0.05) is 18.8 Å². The lowest BCUT2D eigenvalue weighted by atomic mass is 10.0. The Morgan fingerprint density at radius 2 is 1.87 bits per heavy atom. The first-order valence-electron chi connectivity index (χ1n) is 10.1. The van der Waals surface area contributed by atoms with Crippen LogP contribution in [0.2, 0.25) is 0 Å². The molecule has 1 aliphatic rings. The standard InChI is InChI=1S/C23H27FN2O4S/c1-16-14-26(17(2)15-27)31(28,29)23-11-8-19(12-21(23)30-22(16)13-25-3)5-4-18-6-9-20(24)10-7-18/h6-12,16-17,22,25,27H,13-15H2,1-3H3/t16-,17-,22+/m1/s1. The Kier molecular flexibility index (Phi) is 7.34. The molecular weight excluding hydrogens is 419 g/mol. The van der Waals surface area contributed by atoms with Gasteiger partial charge in [0.1, 0.15) is 22.6 Å². The number of halogens is 1. The van der Waals surface area contributed by atoms with E-state index in [1.165, 1.54) is 22.5 Å². The fourth-order valence-corrected chi connectivity index (χ4v) is 5.25. The molecule has 1 heterocycles. The summed E-state index contributed by atoms with van der Waals surface area (Å²) in [7, 11) is -2.07. The summed E-state index contributed by atoms with van der Waals surface area (Å²) >= 11 is 0. The minimum Gasteiger partial charge on any atom is -0.487 e. The number of hydrogen-bond donors (Lipinski definition) is 2. The molecule has 0 bridgehead atoms. The van der Waals surface area contributed by atoms with E-state index in [0.29, 0.717) is 17.7 Å². The molecule has 0 spiro atoms. The number of sulfonamides is 1. The molecule has 1 aliphatic heterocycles. The zero-order chi connectivity index (χ0) is 22.6. The Bertz CT molecular complexity index is 1080. The molecular formula is C23H27FN2O4S. The number of aliphatic hydroxyl groups is 1. The monoisotopic (exact) mass is 446 g/mol. The number of benzene rings is 2. The Morgan fingerprint density at radius 1 is 1.23 bits per heavy atom. The highest BCUT2D eigenvalue weighted by Gasteiger charge is 2.37. The molecule has 8 heteroatoms. The highest BCUT2D eigenvalue weighted by Crippen LogP contribution is 2.33. The van der Waals surface area contributed by atoms with Crippen molar-refractivity contribution in [2.45, 2.75) is 30.9 Å². The average Bonchev–Trinajstić information content (AvgIpc) is 2.75. The van der Waals surface area contributed by atoms with Gasteiger partial charge in [0, 0.05) is 36.2 Å². The molecule has 2 aromatic rings. The second-order valence-corrected chi connectivity index (χ2v) is 9.57. The zero-order valence-electron chi connectivity index (χ0n) is 17.8. The van der Waals surface area contributed by atoms with Gasteiger partial charge in [0.15, 0.2) is 0 Å². The number of nitrogens with one attached hydrogen (secondary N) is 1. The minimum atomic E-state index is -3.88. The van der Waals surface area contributed by atoms with E-state index < -0.39 is 16.1 Å². The van der Waals surface area contributed by atoms with Crippen molar-refractivity contribution in [2.24, 2.45) is 5.92 Å². The van der Waals surface area contributed by atoms with Gasteiger partial charge in [0.2, 0.25) is 10.0 Å². The lowest BCUT2D eigenvalue weighted by molar-refractivity contribution is 0.103. The topological polar surface area (TPSA) is 78.9 Å². The second kappa shape index (κ2) is 9.79. The minimum absolute atomic E-state index is 0.0492. The molecule has 0 unspecified atom stereocenters. The van der Waals surface area contributed by atoms with Gasteiger partial charge < -0.3 is 15.2 Å². The van der Waals surface area contributed by atoms with Crippen LogP contribution in [-0.4, -0.2) is 56.7 Å². The van der Waals surface area contributed by atoms with E-state index in [1.54, 1.807) is 31.2 Å². The summed E-state index contributed by atoms with van der Waals surface area (Å²) in [6.07, 6.45) is -0.270. The molecule has 0 aliphatic carbocycles. The van der Waals surface area contributed by atoms with E-state index in [1.807, 2.05) is 14.0 Å². The maximum atomic E-state index is 13.4. The average molecular weight is 447 g/mol. The van der Waals surface area contributed by atoms with Crippen LogP contribution in [-0.2, 0) is 10.0 Å². The summed E-state index contributed by atoms with van der Waals surface area (Å²) in [5, 5.41) is 12.7. The van der Waals surface area contributed by atoms with Crippen molar-refractivity contribution in [2.75, 3.05) is 26.7 Å². The highest BCUT2D eigenvalue weighted by molar-refractivity contribution is 7.89. The van der Waals surface area contributed by atoms with Crippen LogP contribution in [0.15, 0.2) is 47.4 Å². The van der Waals surface area contributed by atoms with Crippen LogP contribution in [0.3, 0.4) is 0 Å². The summed E-state index contributed by atoms with van der Waals surface area (Å²) in [6, 6.07) is 9.99. The van der Waals surface area contributed by atoms with E-state index in [9.17, 15) is 17.9 Å². The van der Waals surface area contributed by atoms with Crippen LogP contribution in [0.25, 0.3) is 0 Å². The van der Waals surface area contributed by atoms with Crippen molar-refractivity contribution in [3.63, 3.8) is 0 Å². The molecule has 3 rings (SSSR count). The third-order valence-corrected chi connectivity index (χ3v) is 7.29. The van der Waals surface area contributed by atoms with Crippen LogP contribution < -0.4 is 10.1 Å². The normalized spacial score (nSPS) is 21.6. The van der Waals surface area contributed by atoms with Crippen molar-refractivity contribution < 1.29 is 22.7 Å². The Morgan fingerprint density at radius 3 is 2.52 bits per heavy atom. The first kappa shape index (κ1) is 23.2. The van der Waals surface area contributed by atoms with Gasteiger partial charge in [0.05, 0.1) is 6.61 Å². The van der Waals surface area contributed by atoms with Gasteiger partial charge in [0.25, 0.3) is 0 Å². The maximum absolute atomic E-state index is 13.4. The van der Waals surface area contributed by atoms with Crippen molar-refractivity contribution in [3.05, 3.63) is 59.4 Å². The van der Waals surface area contributed by atoms with Crippen LogP contribution in [0.4, 0.5) is 4.39 Å². The van der Waals surface area contributed by atoms with Gasteiger partial charge >= 0.3 is 0 Å². The van der Waals surface area contributed by atoms with Crippen LogP contribution in [0.5, 0.6) is 5.75 Å². The molecule has 0 fully saturated rings. The van der Waals surface area contributed by atoms with Gasteiger partial charge in [-0.05, 0) is 56.4 Å². The van der Waals surface area contributed by atoms with Gasteiger partial charge in [-0.25, -0.2) is 12.8 Å². The molecule has 0 amide bonds. The molecule has 6 nitrogen and oxygen atoms in total. The molecule has 0 saturated heterocycles. The van der Waals surface area contributed by atoms with Crippen LogP contribution in [0, 0.1) is 23.6 Å². The van der Waals surface area contributed by atoms with Gasteiger partial charge in [-0.3, -0.25) is 0 Å². The van der Waals surface area contributed by atoms with E-state index in [2.05, 4.69) is 17.2 Å². The Labute approximate surface area is 183 Å². The molecule has 2 N–H and O–H groups in total. The fraction of sp³-hybridized carbons (Fsp3) is 0.391. The summed E-state index contributed by atoms with van der Waals surface area (Å²) in [5.74, 6) is 5.71. The summed E-state index contributed by atoms with van der Waals surface area (Å²) in [6.45, 7) is 4.11. The molecule has 0 radical (unpaired) electrons. The molecule has 0 aromatic heterocycles. The van der Waals surface area contributed by atoms with Gasteiger partial charge in [-0.15, -0.1) is 0 Å². The van der Waals surface area contributed by atoms with Crippen LogP contribution in [0.1, 0.15) is 25.0 Å². The van der Waals surface area contributed by atoms with E-state index >= 15 is 0 Å². The number of fused-ring (bicyclic) bond motifs is 1. The highest BCUT2D eigenvalue weighted by atomic mass is 32.2. The van der Waals surface area contributed by atoms with E-state index in [4.69, 9.17) is 4.74 Å². The number of likely N-dealkylation sites (N-methyl/N-ethyl adjacent to an activating group) is 1. The first-order valence-corrected chi connectivity index (χ1v) is 11.6. The zero-order valence-corrected chi connectivity index (χ0v) is 18.6. The third-order valence-electron chi connectivity index (χ3n) is 5.27. The smallest absolute Gasteiger partial charge is 0.247 e. The number of aliphatic hydroxyl groups excluding tert-OH is 1. The number of hydrogen-bond acceptors (Lipinski definition) is 5. The van der Waals surface area contributed by atoms with E-state index in [0.717, 1.165) is 0 Å². The maximum Gasteiger partial charge on any atom is 0.247 e. The van der Waals surface area contributed by atoms with Crippen molar-refractivity contribution in [1.82, 2.24) is 9.62 Å². The first-order chi connectivity index (χ1) is 14.8. The summed E-state index contributed by atoms with van der Waals surface area (Å²) < 4.78 is 47.3. The van der Waals surface area contributed by atoms with Crippen molar-refractivity contribution in [1.29, 1.82) is 0 Å². The summed E-state index contributed by atoms with van der Waals surface area (Å²) in [4.78, 5) is 0.0492.